The van der Waals surface area contributed by atoms with Gasteiger partial charge in [-0.1, -0.05) is 43.1 Å². The van der Waals surface area contributed by atoms with Crippen LogP contribution in [-0.4, -0.2) is 25.8 Å². The average molecular weight is 416 g/mol. The molecule has 0 bridgehead atoms. The third kappa shape index (κ3) is 4.62. The Labute approximate surface area is 165 Å². The van der Waals surface area contributed by atoms with Gasteiger partial charge in [-0.25, -0.2) is 0 Å². The number of hydrogen-bond donors (Lipinski definition) is 1. The van der Waals surface area contributed by atoms with Gasteiger partial charge in [-0.15, -0.1) is 0 Å². The van der Waals surface area contributed by atoms with Gasteiger partial charge in [0, 0.05) is 40.7 Å². The van der Waals surface area contributed by atoms with Crippen molar-refractivity contribution >= 4 is 41.6 Å². The van der Waals surface area contributed by atoms with Crippen LogP contribution in [-0.2, 0) is 9.09 Å². The molecule has 142 valence electrons. The van der Waals surface area contributed by atoms with Crippen molar-refractivity contribution in [2.24, 2.45) is 5.92 Å². The SMILES string of the molecule is CC(C)CO[P@](=O)(c1ccc(N(C)C)cc1)[C@@H](O)c1c(Cl)cccc1Cl. The summed E-state index contributed by atoms with van der Waals surface area (Å²) >= 11 is 12.4. The van der Waals surface area contributed by atoms with Gasteiger partial charge < -0.3 is 14.5 Å². The van der Waals surface area contributed by atoms with E-state index in [4.69, 9.17) is 27.7 Å². The second kappa shape index (κ2) is 8.77. The second-order valence-corrected chi connectivity index (χ2v) is 9.98. The van der Waals surface area contributed by atoms with Crippen molar-refractivity contribution in [1.29, 1.82) is 0 Å². The van der Waals surface area contributed by atoms with E-state index in [1.54, 1.807) is 30.3 Å². The smallest absolute Gasteiger partial charge is 0.264 e. The Morgan fingerprint density at radius 2 is 1.62 bits per heavy atom. The van der Waals surface area contributed by atoms with Crippen molar-refractivity contribution in [3.63, 3.8) is 0 Å². The Morgan fingerprint density at radius 3 is 2.08 bits per heavy atom. The highest BCUT2D eigenvalue weighted by Crippen LogP contribution is 2.60. The van der Waals surface area contributed by atoms with E-state index in [9.17, 15) is 9.67 Å². The minimum Gasteiger partial charge on any atom is -0.378 e. The minimum absolute atomic E-state index is 0.151. The molecule has 0 spiro atoms. The fraction of sp³-hybridized carbons (Fsp3) is 0.368. The molecule has 0 amide bonds. The van der Waals surface area contributed by atoms with Crippen molar-refractivity contribution in [2.45, 2.75) is 19.7 Å². The maximum absolute atomic E-state index is 13.8. The summed E-state index contributed by atoms with van der Waals surface area (Å²) in [4.78, 5) is 1.94. The van der Waals surface area contributed by atoms with Crippen LogP contribution in [0.4, 0.5) is 5.69 Å². The molecule has 26 heavy (non-hydrogen) atoms. The fourth-order valence-corrected chi connectivity index (χ4v) is 5.46. The highest BCUT2D eigenvalue weighted by molar-refractivity contribution is 7.67. The van der Waals surface area contributed by atoms with E-state index in [1.165, 1.54) is 0 Å². The summed E-state index contributed by atoms with van der Waals surface area (Å²) in [6, 6.07) is 12.0. The number of aliphatic hydroxyl groups excluding tert-OH is 1. The number of nitrogens with zero attached hydrogens (tertiary/aromatic N) is 1. The molecule has 1 N–H and O–H groups in total. The van der Waals surface area contributed by atoms with Crippen LogP contribution >= 0.6 is 30.6 Å². The van der Waals surface area contributed by atoms with Gasteiger partial charge in [-0.3, -0.25) is 4.57 Å². The van der Waals surface area contributed by atoms with Crippen LogP contribution in [0.25, 0.3) is 0 Å². The summed E-state index contributed by atoms with van der Waals surface area (Å²) in [5, 5.41) is 11.9. The highest BCUT2D eigenvalue weighted by Gasteiger charge is 2.38. The summed E-state index contributed by atoms with van der Waals surface area (Å²) in [5.74, 6) is -1.30. The Kier molecular flexibility index (Phi) is 7.18. The Bertz CT molecular complexity index is 774. The Balaban J connectivity index is 2.52. The predicted molar refractivity (Wildman–Crippen MR) is 110 cm³/mol. The van der Waals surface area contributed by atoms with Crippen molar-refractivity contribution < 1.29 is 14.2 Å². The van der Waals surface area contributed by atoms with E-state index >= 15 is 0 Å². The lowest BCUT2D eigenvalue weighted by molar-refractivity contribution is 0.203. The molecule has 2 aromatic rings. The first-order valence-electron chi connectivity index (χ1n) is 8.31. The number of benzene rings is 2. The van der Waals surface area contributed by atoms with E-state index in [0.29, 0.717) is 5.30 Å². The maximum atomic E-state index is 13.8. The molecule has 4 nitrogen and oxygen atoms in total. The molecule has 0 unspecified atom stereocenters. The predicted octanol–water partition coefficient (Wildman–Crippen LogP) is 5.33. The molecule has 0 heterocycles. The molecule has 0 aromatic heterocycles. The molecule has 7 heteroatoms. The molecule has 2 atom stereocenters. The van der Waals surface area contributed by atoms with Crippen LogP contribution in [0.2, 0.25) is 10.0 Å². The molecule has 0 radical (unpaired) electrons. The van der Waals surface area contributed by atoms with Crippen LogP contribution in [0.1, 0.15) is 25.3 Å². The van der Waals surface area contributed by atoms with Gasteiger partial charge >= 0.3 is 0 Å². The zero-order chi connectivity index (χ0) is 19.5. The van der Waals surface area contributed by atoms with E-state index in [1.807, 2.05) is 45.0 Å². The first kappa shape index (κ1) is 21.3. The van der Waals surface area contributed by atoms with Crippen LogP contribution in [0.15, 0.2) is 42.5 Å². The first-order valence-corrected chi connectivity index (χ1v) is 10.8. The summed E-state index contributed by atoms with van der Waals surface area (Å²) in [7, 11) is 0.163. The summed E-state index contributed by atoms with van der Waals surface area (Å²) in [5.41, 5.74) is 1.18. The number of rotatable bonds is 7. The van der Waals surface area contributed by atoms with Gasteiger partial charge in [-0.05, 0) is 42.3 Å². The second-order valence-electron chi connectivity index (χ2n) is 6.71. The largest absolute Gasteiger partial charge is 0.378 e. The monoisotopic (exact) mass is 415 g/mol. The molecule has 0 fully saturated rings. The molecule has 2 rings (SSSR count). The van der Waals surface area contributed by atoms with E-state index in [2.05, 4.69) is 0 Å². The molecule has 2 aromatic carbocycles. The van der Waals surface area contributed by atoms with Crippen LogP contribution in [0.3, 0.4) is 0 Å². The van der Waals surface area contributed by atoms with Crippen molar-refractivity contribution in [1.82, 2.24) is 0 Å². The number of hydrogen-bond acceptors (Lipinski definition) is 4. The topological polar surface area (TPSA) is 49.8 Å². The van der Waals surface area contributed by atoms with Crippen LogP contribution < -0.4 is 10.2 Å². The molecule has 0 aliphatic rings. The zero-order valence-corrected chi connectivity index (χ0v) is 17.7. The lowest BCUT2D eigenvalue weighted by Crippen LogP contribution is -2.18. The minimum atomic E-state index is -3.67. The molecule has 0 saturated heterocycles. The summed E-state index contributed by atoms with van der Waals surface area (Å²) in [6.45, 7) is 4.15. The van der Waals surface area contributed by atoms with Gasteiger partial charge in [0.25, 0.3) is 7.37 Å². The van der Waals surface area contributed by atoms with Gasteiger partial charge in [-0.2, -0.15) is 0 Å². The number of halogens is 2. The lowest BCUT2D eigenvalue weighted by atomic mass is 10.2. The van der Waals surface area contributed by atoms with E-state index in [0.717, 1.165) is 5.69 Å². The van der Waals surface area contributed by atoms with Crippen molar-refractivity contribution in [3.05, 3.63) is 58.1 Å². The normalized spacial score (nSPS) is 14.9. The quantitative estimate of drug-likeness (QED) is 0.621. The molecular weight excluding hydrogens is 392 g/mol. The maximum Gasteiger partial charge on any atom is 0.264 e. The number of anilines is 1. The number of aliphatic hydroxyl groups is 1. The molecule has 0 aliphatic heterocycles. The van der Waals surface area contributed by atoms with Crippen LogP contribution in [0.5, 0.6) is 0 Å². The summed E-state index contributed by atoms with van der Waals surface area (Å²) < 4.78 is 19.6. The van der Waals surface area contributed by atoms with Gasteiger partial charge in [0.2, 0.25) is 0 Å². The standard InChI is InChI=1S/C19H24Cl2NO3P/c1-13(2)12-25-26(24,15-10-8-14(9-11-15)22(3)4)19(23)18-16(20)6-5-7-17(18)21/h5-11,13,19,23H,12H2,1-4H3/t19-,26-/m1/s1. The Morgan fingerprint density at radius 1 is 1.08 bits per heavy atom. The molecular formula is C19H24Cl2NO3P. The lowest BCUT2D eigenvalue weighted by Gasteiger charge is -2.27. The van der Waals surface area contributed by atoms with E-state index in [-0.39, 0.29) is 28.1 Å². The molecule has 0 aliphatic carbocycles. The third-order valence-electron chi connectivity index (χ3n) is 3.91. The van der Waals surface area contributed by atoms with Gasteiger partial charge in [0.15, 0.2) is 5.85 Å². The van der Waals surface area contributed by atoms with Gasteiger partial charge in [0.05, 0.1) is 6.61 Å². The first-order chi connectivity index (χ1) is 12.2. The Hall–Kier alpha value is -1.03. The fourth-order valence-electron chi connectivity index (χ4n) is 2.43. The molecule has 0 saturated carbocycles. The van der Waals surface area contributed by atoms with Crippen molar-refractivity contribution in [3.8, 4) is 0 Å². The zero-order valence-electron chi connectivity index (χ0n) is 15.3. The summed E-state index contributed by atoms with van der Waals surface area (Å²) in [6.07, 6.45) is 0. The highest BCUT2D eigenvalue weighted by atomic mass is 35.5. The van der Waals surface area contributed by atoms with Crippen molar-refractivity contribution in [2.75, 3.05) is 25.6 Å². The van der Waals surface area contributed by atoms with E-state index < -0.39 is 13.2 Å². The van der Waals surface area contributed by atoms with Crippen LogP contribution in [0, 0.1) is 5.92 Å². The third-order valence-corrected chi connectivity index (χ3v) is 7.02. The average Bonchev–Trinajstić information content (AvgIpc) is 2.59. The van der Waals surface area contributed by atoms with Gasteiger partial charge in [0.1, 0.15) is 0 Å².